The minimum absolute atomic E-state index is 0.0427. The molecule has 0 saturated heterocycles. The summed E-state index contributed by atoms with van der Waals surface area (Å²) in [5.41, 5.74) is -9.34. The van der Waals surface area contributed by atoms with Crippen molar-refractivity contribution in [3.63, 3.8) is 0 Å². The number of phenols is 21. The molecule has 1 aliphatic rings. The largest absolute Gasteiger partial charge is 0.509 e. The van der Waals surface area contributed by atoms with Gasteiger partial charge in [0.2, 0.25) is 40.2 Å². The number of furan rings is 1. The maximum Gasteiger partial charge on any atom is 0.208 e. The summed E-state index contributed by atoms with van der Waals surface area (Å²) >= 11 is 0. The molecule has 27 heteroatoms. The third kappa shape index (κ3) is 5.74. The van der Waals surface area contributed by atoms with Crippen LogP contribution in [0.4, 0.5) is 17.1 Å². The van der Waals surface area contributed by atoms with Gasteiger partial charge in [-0.1, -0.05) is 17.0 Å². The summed E-state index contributed by atoms with van der Waals surface area (Å²) in [6.45, 7) is 1.08. The van der Waals surface area contributed by atoms with Crippen molar-refractivity contribution in [2.75, 3.05) is 4.90 Å². The predicted molar refractivity (Wildman–Crippen MR) is 264 cm³/mol. The van der Waals surface area contributed by atoms with E-state index in [4.69, 9.17) is 24.8 Å². The Bertz CT molecular complexity index is 4370. The fourth-order valence-electron chi connectivity index (χ4n) is 9.66. The van der Waals surface area contributed by atoms with Gasteiger partial charge in [0.15, 0.2) is 91.8 Å². The lowest BCUT2D eigenvalue weighted by molar-refractivity contribution is 0.328. The van der Waals surface area contributed by atoms with E-state index in [1.54, 1.807) is 0 Å². The van der Waals surface area contributed by atoms with Crippen LogP contribution in [0.1, 0.15) is 5.56 Å². The van der Waals surface area contributed by atoms with Gasteiger partial charge in [-0.05, 0) is 25.1 Å². The number of nitrogens with zero attached hydrogens (tertiary/aromatic N) is 2. The van der Waals surface area contributed by atoms with Crippen LogP contribution < -0.4 is 20.6 Å². The van der Waals surface area contributed by atoms with Gasteiger partial charge in [0, 0.05) is 50.4 Å². The van der Waals surface area contributed by atoms with Crippen molar-refractivity contribution in [2.24, 2.45) is 0 Å². The maximum absolute atomic E-state index is 12.4. The van der Waals surface area contributed by atoms with Crippen LogP contribution in [-0.4, -0.2) is 127 Å². The molecule has 0 aliphatic carbocycles. The van der Waals surface area contributed by atoms with E-state index in [1.165, 1.54) is 12.1 Å². The van der Waals surface area contributed by atoms with E-state index in [-0.39, 0.29) is 49.2 Å². The van der Waals surface area contributed by atoms with Gasteiger partial charge in [0.1, 0.15) is 38.4 Å². The third-order valence-corrected chi connectivity index (χ3v) is 13.3. The standard InChI is InChI=1S/C49H30B2N2O23/c1-8-29(57)40(68)27-48(30(8)58)76-49-28(41(69)35(63)25(38(49)66)24-36(64)43(71)45(73)44(72)37(24)65)53(27)16-5-13(51)26(39(67)32(16)60)52-14-6-17(54)12(50)2-9(14)21-15(52)7-20-22(11-4-19(56)34(62)46(74)47(11)75-20)23(21)10-3-18(55)33(61)42(70)31(10)59/h2-7,54-74H,1H3. The van der Waals surface area contributed by atoms with Gasteiger partial charge >= 0.3 is 0 Å². The molecule has 76 heavy (non-hydrogen) atoms. The molecule has 8 aromatic carbocycles. The third-order valence-electron chi connectivity index (χ3n) is 13.3. The Labute approximate surface area is 421 Å². The summed E-state index contributed by atoms with van der Waals surface area (Å²) in [7, 11) is 13.0. The smallest absolute Gasteiger partial charge is 0.208 e. The zero-order valence-corrected chi connectivity index (χ0v) is 37.7. The van der Waals surface area contributed by atoms with Gasteiger partial charge in [-0.25, -0.2) is 0 Å². The lowest BCUT2D eigenvalue weighted by Gasteiger charge is -2.36. The average Bonchev–Trinajstić information content (AvgIpc) is 4.03. The Kier molecular flexibility index (Phi) is 9.45. The topological polar surface area (TPSA) is 455 Å². The van der Waals surface area contributed by atoms with Gasteiger partial charge in [-0.15, -0.1) is 0 Å². The Balaban J connectivity index is 1.27. The molecule has 3 heterocycles. The SMILES string of the molecule is [B]c1cc2c3c(-c4cc(O)c(O)c(O)c4O)c4c(cc3n(-c3c([B])cc(N5c6c(O)c(O)c(C)c(O)c6Oc6c(O)c(-c7c(O)c(O)c(O)c(O)c7O)c(O)c(O)c65)c(O)c3O)c2cc1O)oc1c(O)c(O)c(O)cc14. The number of aromatic nitrogens is 1. The highest BCUT2D eigenvalue weighted by molar-refractivity contribution is 6.38. The molecule has 0 spiro atoms. The molecule has 0 saturated carbocycles. The quantitative estimate of drug-likeness (QED) is 0.0603. The molecular weight excluding hydrogens is 1010 g/mol. The first-order chi connectivity index (χ1) is 35.7. The van der Waals surface area contributed by atoms with E-state index in [0.29, 0.717) is 4.90 Å². The number of aromatic hydroxyl groups is 21. The molecule has 0 amide bonds. The van der Waals surface area contributed by atoms with Crippen LogP contribution in [0.25, 0.3) is 71.7 Å². The van der Waals surface area contributed by atoms with Gasteiger partial charge in [-0.3, -0.25) is 4.90 Å². The second-order valence-electron chi connectivity index (χ2n) is 17.4. The molecule has 0 atom stereocenters. The minimum atomic E-state index is -1.55. The van der Waals surface area contributed by atoms with Crippen LogP contribution in [-0.2, 0) is 0 Å². The number of phenolic OH excluding ortho intramolecular Hbond substituents is 21. The average molecular weight is 1040 g/mol. The molecule has 25 nitrogen and oxygen atoms in total. The van der Waals surface area contributed by atoms with E-state index in [1.807, 2.05) is 0 Å². The second kappa shape index (κ2) is 15.2. The Morgan fingerprint density at radius 3 is 1.55 bits per heavy atom. The van der Waals surface area contributed by atoms with Gasteiger partial charge in [-0.2, -0.15) is 0 Å². The van der Waals surface area contributed by atoms with E-state index in [0.717, 1.165) is 35.8 Å². The number of fused-ring (bicyclic) bond motifs is 8. The number of ether oxygens (including phenoxy) is 1. The van der Waals surface area contributed by atoms with Crippen LogP contribution in [0.3, 0.4) is 0 Å². The lowest BCUT2D eigenvalue weighted by Crippen LogP contribution is -2.21. The molecule has 0 fully saturated rings. The summed E-state index contributed by atoms with van der Waals surface area (Å²) in [6, 6.07) is 6.01. The first kappa shape index (κ1) is 47.2. The molecule has 21 N–H and O–H groups in total. The Morgan fingerprint density at radius 1 is 0.382 bits per heavy atom. The number of hydrogen-bond donors (Lipinski definition) is 21. The lowest BCUT2D eigenvalue weighted by atomic mass is 9.90. The molecule has 2 aromatic heterocycles. The fraction of sp³-hybridized carbons (Fsp3) is 0.0204. The maximum atomic E-state index is 12.4. The summed E-state index contributed by atoms with van der Waals surface area (Å²) in [5, 5.41) is 233. The number of hydrogen-bond acceptors (Lipinski definition) is 24. The predicted octanol–water partition coefficient (Wildman–Crippen LogP) is 5.31. The normalized spacial score (nSPS) is 12.2. The van der Waals surface area contributed by atoms with Crippen molar-refractivity contribution < 1.29 is 116 Å². The van der Waals surface area contributed by atoms with Crippen molar-refractivity contribution in [1.29, 1.82) is 0 Å². The summed E-state index contributed by atoms with van der Waals surface area (Å²) in [4.78, 5) is 0.486. The highest BCUT2D eigenvalue weighted by Crippen LogP contribution is 2.70. The monoisotopic (exact) mass is 1040 g/mol. The molecule has 0 unspecified atom stereocenters. The van der Waals surface area contributed by atoms with Crippen molar-refractivity contribution >= 4 is 87.4 Å². The summed E-state index contributed by atoms with van der Waals surface area (Å²) in [6.07, 6.45) is 0. The Hall–Kier alpha value is -11.1. The molecule has 11 rings (SSSR count). The van der Waals surface area contributed by atoms with Crippen LogP contribution in [0.15, 0.2) is 40.8 Å². The van der Waals surface area contributed by atoms with Crippen LogP contribution in [0, 0.1) is 6.92 Å². The molecule has 10 aromatic rings. The van der Waals surface area contributed by atoms with Gasteiger partial charge in [0.25, 0.3) is 0 Å². The molecule has 0 bridgehead atoms. The molecule has 380 valence electrons. The molecule has 1 aliphatic heterocycles. The molecular formula is C49H30B2N2O23. The number of anilines is 3. The van der Waals surface area contributed by atoms with Crippen molar-refractivity contribution in [3.8, 4) is 160 Å². The van der Waals surface area contributed by atoms with E-state index in [2.05, 4.69) is 0 Å². The zero-order valence-electron chi connectivity index (χ0n) is 37.7. The second-order valence-corrected chi connectivity index (χ2v) is 17.4. The van der Waals surface area contributed by atoms with Crippen molar-refractivity contribution in [2.45, 2.75) is 6.92 Å². The van der Waals surface area contributed by atoms with Crippen LogP contribution >= 0.6 is 0 Å². The first-order valence-electron chi connectivity index (χ1n) is 21.4. The first-order valence-corrected chi connectivity index (χ1v) is 21.4. The van der Waals surface area contributed by atoms with Crippen LogP contribution in [0.2, 0.25) is 0 Å². The summed E-state index contributed by atoms with van der Waals surface area (Å²) in [5.74, 6) is -27.8. The number of benzene rings is 8. The highest BCUT2D eigenvalue weighted by Gasteiger charge is 2.43. The Morgan fingerprint density at radius 2 is 0.908 bits per heavy atom. The van der Waals surface area contributed by atoms with E-state index >= 15 is 0 Å². The minimum Gasteiger partial charge on any atom is -0.509 e. The van der Waals surface area contributed by atoms with E-state index < -0.39 is 188 Å². The molecule has 4 radical (unpaired) electrons. The van der Waals surface area contributed by atoms with Gasteiger partial charge in [0.05, 0.1) is 33.5 Å². The highest BCUT2D eigenvalue weighted by atomic mass is 16.5. The fourth-order valence-corrected chi connectivity index (χ4v) is 9.66. The summed E-state index contributed by atoms with van der Waals surface area (Å²) < 4.78 is 12.8. The van der Waals surface area contributed by atoms with Gasteiger partial charge < -0.3 is 121 Å². The zero-order chi connectivity index (χ0) is 55.1. The van der Waals surface area contributed by atoms with Crippen molar-refractivity contribution in [3.05, 3.63) is 42.0 Å². The van der Waals surface area contributed by atoms with Crippen LogP contribution in [0.5, 0.6) is 132 Å². The van der Waals surface area contributed by atoms with E-state index in [9.17, 15) is 107 Å². The number of rotatable bonds is 4. The van der Waals surface area contributed by atoms with Crippen molar-refractivity contribution in [1.82, 2.24) is 4.57 Å².